The van der Waals surface area contributed by atoms with E-state index in [9.17, 15) is 9.59 Å². The summed E-state index contributed by atoms with van der Waals surface area (Å²) in [5.74, 6) is 0.743. The predicted molar refractivity (Wildman–Crippen MR) is 110 cm³/mol. The first-order valence-electron chi connectivity index (χ1n) is 9.90. The van der Waals surface area contributed by atoms with E-state index in [0.717, 1.165) is 5.56 Å². The Labute approximate surface area is 168 Å². The summed E-state index contributed by atoms with van der Waals surface area (Å²) in [7, 11) is 0. The highest BCUT2D eigenvalue weighted by Gasteiger charge is 2.36. The molecular weight excluding hydrogens is 362 g/mol. The zero-order valence-corrected chi connectivity index (χ0v) is 17.0. The third-order valence-corrected chi connectivity index (χ3v) is 5.93. The maximum atomic E-state index is 12.9. The Morgan fingerprint density at radius 3 is 2.15 bits per heavy atom. The van der Waals surface area contributed by atoms with Crippen LogP contribution in [0.25, 0.3) is 0 Å². The number of rotatable bonds is 4. The number of nitrogens with two attached hydrogens (primary N) is 1. The highest BCUT2D eigenvalue weighted by Crippen LogP contribution is 2.27. The molecular formula is C21H32ClN3O2. The van der Waals surface area contributed by atoms with Gasteiger partial charge in [-0.25, -0.2) is 0 Å². The average Bonchev–Trinajstić information content (AvgIpc) is 2.69. The normalized spacial score (nSPS) is 20.5. The minimum Gasteiger partial charge on any atom is -0.339 e. The summed E-state index contributed by atoms with van der Waals surface area (Å²) in [6.07, 6.45) is 6.88. The van der Waals surface area contributed by atoms with E-state index in [1.54, 1.807) is 11.8 Å². The lowest BCUT2D eigenvalue weighted by atomic mass is 9.86. The predicted octanol–water partition coefficient (Wildman–Crippen LogP) is 2.92. The molecule has 3 rings (SSSR count). The Hall–Kier alpha value is -1.59. The second-order valence-corrected chi connectivity index (χ2v) is 7.95. The van der Waals surface area contributed by atoms with Crippen molar-refractivity contribution in [2.45, 2.75) is 51.0 Å². The van der Waals surface area contributed by atoms with Crippen LogP contribution in [0.4, 0.5) is 0 Å². The minimum atomic E-state index is -1.03. The van der Waals surface area contributed by atoms with Gasteiger partial charge in [-0.1, -0.05) is 49.6 Å². The van der Waals surface area contributed by atoms with E-state index in [4.69, 9.17) is 5.73 Å². The summed E-state index contributed by atoms with van der Waals surface area (Å²) >= 11 is 0. The number of piperazine rings is 1. The van der Waals surface area contributed by atoms with E-state index in [2.05, 4.69) is 0 Å². The Kier molecular flexibility index (Phi) is 7.68. The molecule has 1 saturated heterocycles. The van der Waals surface area contributed by atoms with E-state index in [-0.39, 0.29) is 24.2 Å². The van der Waals surface area contributed by atoms with Crippen molar-refractivity contribution in [3.8, 4) is 0 Å². The third-order valence-electron chi connectivity index (χ3n) is 5.93. The number of carbonyl (C=O) groups excluding carboxylic acids is 2. The second-order valence-electron chi connectivity index (χ2n) is 7.95. The lowest BCUT2D eigenvalue weighted by Gasteiger charge is -2.39. The van der Waals surface area contributed by atoms with Gasteiger partial charge in [-0.15, -0.1) is 12.4 Å². The molecule has 1 unspecified atom stereocenters. The summed E-state index contributed by atoms with van der Waals surface area (Å²) in [5.41, 5.74) is 6.15. The standard InChI is InChI=1S/C21H31N3O2.ClH/c1-21(22,18-10-6-3-7-11-18)20(26)24-14-12-23(13-15-24)19(25)16-17-8-4-2-5-9-17;/h3,6-7,10-11,17H,2,4-5,8-9,12-16,22H2,1H3;1H. The summed E-state index contributed by atoms with van der Waals surface area (Å²) in [6, 6.07) is 9.50. The van der Waals surface area contributed by atoms with Gasteiger partial charge in [-0.2, -0.15) is 0 Å². The molecule has 6 heteroatoms. The number of hydrogen-bond acceptors (Lipinski definition) is 3. The van der Waals surface area contributed by atoms with Gasteiger partial charge >= 0.3 is 0 Å². The van der Waals surface area contributed by atoms with E-state index >= 15 is 0 Å². The summed E-state index contributed by atoms with van der Waals surface area (Å²) in [5, 5.41) is 0. The monoisotopic (exact) mass is 393 g/mol. The molecule has 1 heterocycles. The Bertz CT molecular complexity index is 622. The van der Waals surface area contributed by atoms with Crippen LogP contribution >= 0.6 is 12.4 Å². The molecule has 1 aromatic carbocycles. The fourth-order valence-electron chi connectivity index (χ4n) is 4.16. The molecule has 1 aliphatic carbocycles. The van der Waals surface area contributed by atoms with Crippen LogP contribution in [0.5, 0.6) is 0 Å². The van der Waals surface area contributed by atoms with Gasteiger partial charge in [0.25, 0.3) is 0 Å². The van der Waals surface area contributed by atoms with Crippen molar-refractivity contribution in [1.29, 1.82) is 0 Å². The molecule has 0 bridgehead atoms. The molecule has 2 N–H and O–H groups in total. The SMILES string of the molecule is CC(N)(C(=O)N1CCN(C(=O)CC2CCCCC2)CC1)c1ccccc1.Cl. The summed E-state index contributed by atoms with van der Waals surface area (Å²) in [4.78, 5) is 29.2. The zero-order chi connectivity index (χ0) is 18.6. The molecule has 2 amide bonds. The van der Waals surface area contributed by atoms with Crippen LogP contribution in [-0.4, -0.2) is 47.8 Å². The topological polar surface area (TPSA) is 66.6 Å². The highest BCUT2D eigenvalue weighted by atomic mass is 35.5. The molecule has 0 aromatic heterocycles. The molecule has 5 nitrogen and oxygen atoms in total. The minimum absolute atomic E-state index is 0. The Morgan fingerprint density at radius 2 is 1.56 bits per heavy atom. The maximum absolute atomic E-state index is 12.9. The lowest BCUT2D eigenvalue weighted by Crippen LogP contribution is -2.57. The number of carbonyl (C=O) groups is 2. The van der Waals surface area contributed by atoms with Gasteiger partial charge < -0.3 is 15.5 Å². The van der Waals surface area contributed by atoms with Gasteiger partial charge in [0.1, 0.15) is 5.54 Å². The number of nitrogens with zero attached hydrogens (tertiary/aromatic N) is 2. The molecule has 2 aliphatic rings. The Morgan fingerprint density at radius 1 is 1.00 bits per heavy atom. The first-order valence-corrected chi connectivity index (χ1v) is 9.90. The van der Waals surface area contributed by atoms with Crippen LogP contribution in [0, 0.1) is 5.92 Å². The fraction of sp³-hybridized carbons (Fsp3) is 0.619. The van der Waals surface area contributed by atoms with Gasteiger partial charge in [0.15, 0.2) is 0 Å². The van der Waals surface area contributed by atoms with Gasteiger partial charge in [-0.05, 0) is 31.2 Å². The van der Waals surface area contributed by atoms with Gasteiger partial charge in [-0.3, -0.25) is 9.59 Å². The molecule has 0 spiro atoms. The van der Waals surface area contributed by atoms with Crippen molar-refractivity contribution in [3.05, 3.63) is 35.9 Å². The highest BCUT2D eigenvalue weighted by molar-refractivity contribution is 5.87. The molecule has 150 valence electrons. The summed E-state index contributed by atoms with van der Waals surface area (Å²) < 4.78 is 0. The van der Waals surface area contributed by atoms with E-state index < -0.39 is 5.54 Å². The van der Waals surface area contributed by atoms with Crippen LogP contribution in [0.2, 0.25) is 0 Å². The van der Waals surface area contributed by atoms with Crippen molar-refractivity contribution < 1.29 is 9.59 Å². The smallest absolute Gasteiger partial charge is 0.247 e. The average molecular weight is 394 g/mol. The lowest BCUT2D eigenvalue weighted by molar-refractivity contribution is -0.143. The molecule has 1 atom stereocenters. The zero-order valence-electron chi connectivity index (χ0n) is 16.2. The fourth-order valence-corrected chi connectivity index (χ4v) is 4.16. The summed E-state index contributed by atoms with van der Waals surface area (Å²) in [6.45, 7) is 4.12. The molecule has 27 heavy (non-hydrogen) atoms. The Balaban J connectivity index is 0.00000261. The largest absolute Gasteiger partial charge is 0.339 e. The van der Waals surface area contributed by atoms with Crippen molar-refractivity contribution in [2.75, 3.05) is 26.2 Å². The van der Waals surface area contributed by atoms with Gasteiger partial charge in [0.05, 0.1) is 0 Å². The van der Waals surface area contributed by atoms with Crippen molar-refractivity contribution in [3.63, 3.8) is 0 Å². The van der Waals surface area contributed by atoms with E-state index in [1.165, 1.54) is 32.1 Å². The van der Waals surface area contributed by atoms with Crippen molar-refractivity contribution in [2.24, 2.45) is 11.7 Å². The van der Waals surface area contributed by atoms with E-state index in [0.29, 0.717) is 38.5 Å². The van der Waals surface area contributed by atoms with Crippen LogP contribution < -0.4 is 5.73 Å². The molecule has 1 aliphatic heterocycles. The van der Waals surface area contributed by atoms with Crippen LogP contribution in [-0.2, 0) is 15.1 Å². The maximum Gasteiger partial charge on any atom is 0.247 e. The van der Waals surface area contributed by atoms with Crippen molar-refractivity contribution >= 4 is 24.2 Å². The van der Waals surface area contributed by atoms with Crippen LogP contribution in [0.15, 0.2) is 30.3 Å². The third kappa shape index (κ3) is 5.23. The first-order chi connectivity index (χ1) is 12.5. The molecule has 0 radical (unpaired) electrons. The van der Waals surface area contributed by atoms with Crippen molar-refractivity contribution in [1.82, 2.24) is 9.80 Å². The van der Waals surface area contributed by atoms with E-state index in [1.807, 2.05) is 35.2 Å². The molecule has 1 saturated carbocycles. The quantitative estimate of drug-likeness (QED) is 0.855. The van der Waals surface area contributed by atoms with Gasteiger partial charge in [0.2, 0.25) is 11.8 Å². The first kappa shape index (κ1) is 21.7. The molecule has 2 fully saturated rings. The van der Waals surface area contributed by atoms with Crippen LogP contribution in [0.1, 0.15) is 51.0 Å². The number of benzene rings is 1. The number of amides is 2. The number of hydrogen-bond donors (Lipinski definition) is 1. The number of halogens is 1. The van der Waals surface area contributed by atoms with Gasteiger partial charge in [0, 0.05) is 32.6 Å². The second kappa shape index (κ2) is 9.56. The van der Waals surface area contributed by atoms with Crippen LogP contribution in [0.3, 0.4) is 0 Å². The molecule has 1 aromatic rings.